The summed E-state index contributed by atoms with van der Waals surface area (Å²) in [5.41, 5.74) is -0.0991. The van der Waals surface area contributed by atoms with Crippen LogP contribution in [0.1, 0.15) is 19.8 Å². The molecule has 1 fully saturated rings. The predicted octanol–water partition coefficient (Wildman–Crippen LogP) is 1.40. The number of aliphatic hydroxyl groups excluding tert-OH is 3. The van der Waals surface area contributed by atoms with Gasteiger partial charge in [0.1, 0.15) is 52.3 Å². The lowest BCUT2D eigenvalue weighted by Crippen LogP contribution is -2.61. The second-order valence-electron chi connectivity index (χ2n) is 8.37. The molecule has 1 aromatic heterocycles. The molecule has 0 bridgehead atoms. The molecule has 0 amide bonds. The van der Waals surface area contributed by atoms with Crippen LogP contribution in [-0.2, 0) is 14.3 Å². The summed E-state index contributed by atoms with van der Waals surface area (Å²) in [4.78, 5) is 25.0. The van der Waals surface area contributed by atoms with E-state index in [4.69, 9.17) is 18.6 Å². The molecule has 4 rings (SSSR count). The van der Waals surface area contributed by atoms with E-state index in [9.17, 15) is 35.1 Å². The molecule has 1 aliphatic rings. The van der Waals surface area contributed by atoms with Crippen LogP contribution >= 0.6 is 0 Å². The highest BCUT2D eigenvalue weighted by Crippen LogP contribution is 2.33. The number of aromatic hydroxyl groups is 2. The predicted molar refractivity (Wildman–Crippen MR) is 124 cm³/mol. The minimum absolute atomic E-state index is 0.0288. The molecule has 5 N–H and O–H groups in total. The van der Waals surface area contributed by atoms with Gasteiger partial charge in [-0.15, -0.1) is 0 Å². The topological polar surface area (TPSA) is 176 Å². The third kappa shape index (κ3) is 5.14. The minimum Gasteiger partial charge on any atom is -0.508 e. The monoisotopic (exact) mass is 502 g/mol. The number of benzene rings is 2. The van der Waals surface area contributed by atoms with Gasteiger partial charge in [0.2, 0.25) is 6.29 Å². The highest BCUT2D eigenvalue weighted by molar-refractivity contribution is 5.86. The number of hydrogen-bond donors (Lipinski definition) is 5. The number of unbranched alkanes of at least 4 members (excludes halogenated alkanes) is 1. The Labute approximate surface area is 204 Å². The number of carbonyl (C=O) groups is 1. The Morgan fingerprint density at radius 1 is 1.00 bits per heavy atom. The zero-order valence-corrected chi connectivity index (χ0v) is 19.2. The average Bonchev–Trinajstić information content (AvgIpc) is 2.84. The van der Waals surface area contributed by atoms with Gasteiger partial charge >= 0.3 is 5.97 Å². The van der Waals surface area contributed by atoms with E-state index in [1.165, 1.54) is 36.4 Å². The number of phenols is 2. The molecule has 2 heterocycles. The fraction of sp³-hybridized carbons (Fsp3) is 0.360. The van der Waals surface area contributed by atoms with Gasteiger partial charge in [0.05, 0.1) is 6.61 Å². The molecule has 0 saturated carbocycles. The Morgan fingerprint density at radius 2 is 1.72 bits per heavy atom. The fourth-order valence-electron chi connectivity index (χ4n) is 3.75. The summed E-state index contributed by atoms with van der Waals surface area (Å²) in [6.45, 7) is 1.99. The van der Waals surface area contributed by atoms with Crippen molar-refractivity contribution in [2.75, 3.05) is 6.61 Å². The van der Waals surface area contributed by atoms with Gasteiger partial charge in [0.15, 0.2) is 11.5 Å². The normalized spacial score (nSPS) is 23.9. The van der Waals surface area contributed by atoms with E-state index in [0.29, 0.717) is 12.0 Å². The highest BCUT2D eigenvalue weighted by atomic mass is 16.7. The van der Waals surface area contributed by atoms with Crippen LogP contribution in [-0.4, -0.2) is 68.8 Å². The second-order valence-corrected chi connectivity index (χ2v) is 8.37. The molecule has 0 spiro atoms. The third-order valence-electron chi connectivity index (χ3n) is 5.73. The molecule has 1 saturated heterocycles. The molecule has 11 heteroatoms. The SMILES string of the molecule is CCCCOC(=O)[C@@H]1O[C@@H](Oc2cc(O)c3c(=O)cc(-c4ccc(O)cc4)oc3c2)[C@@H](O)[C@H](O)[C@H]1O. The summed E-state index contributed by atoms with van der Waals surface area (Å²) in [6.07, 6.45) is -7.20. The molecule has 0 aliphatic carbocycles. The van der Waals surface area contributed by atoms with E-state index in [-0.39, 0.29) is 34.8 Å². The van der Waals surface area contributed by atoms with E-state index in [0.717, 1.165) is 12.5 Å². The van der Waals surface area contributed by atoms with Gasteiger partial charge in [0, 0.05) is 23.8 Å². The number of esters is 1. The lowest BCUT2D eigenvalue weighted by molar-refractivity contribution is -0.272. The first kappa shape index (κ1) is 25.5. The van der Waals surface area contributed by atoms with Crippen LogP contribution in [0.5, 0.6) is 17.2 Å². The second kappa shape index (κ2) is 10.5. The molecule has 2 aromatic carbocycles. The Balaban J connectivity index is 1.62. The molecular weight excluding hydrogens is 476 g/mol. The van der Waals surface area contributed by atoms with Crippen molar-refractivity contribution in [1.82, 2.24) is 0 Å². The molecular formula is C25H26O11. The van der Waals surface area contributed by atoms with E-state index < -0.39 is 47.9 Å². The summed E-state index contributed by atoms with van der Waals surface area (Å²) >= 11 is 0. The van der Waals surface area contributed by atoms with Gasteiger partial charge in [-0.3, -0.25) is 4.79 Å². The van der Waals surface area contributed by atoms with Gasteiger partial charge in [-0.25, -0.2) is 4.79 Å². The van der Waals surface area contributed by atoms with Crippen molar-refractivity contribution < 1.29 is 49.0 Å². The number of phenolic OH excluding ortho intramolecular Hbond substituents is 2. The minimum atomic E-state index is -1.79. The smallest absolute Gasteiger partial charge is 0.338 e. The molecule has 5 atom stereocenters. The number of carbonyl (C=O) groups excluding carboxylic acids is 1. The van der Waals surface area contributed by atoms with Crippen molar-refractivity contribution >= 4 is 16.9 Å². The molecule has 36 heavy (non-hydrogen) atoms. The van der Waals surface area contributed by atoms with E-state index in [1.54, 1.807) is 0 Å². The van der Waals surface area contributed by atoms with Gasteiger partial charge in [-0.1, -0.05) is 13.3 Å². The van der Waals surface area contributed by atoms with Crippen LogP contribution in [0.2, 0.25) is 0 Å². The highest BCUT2D eigenvalue weighted by Gasteiger charge is 2.48. The summed E-state index contributed by atoms with van der Waals surface area (Å²) in [5, 5.41) is 50.6. The van der Waals surface area contributed by atoms with Gasteiger partial charge in [0.25, 0.3) is 0 Å². The van der Waals surface area contributed by atoms with Crippen molar-refractivity contribution in [3.8, 4) is 28.6 Å². The largest absolute Gasteiger partial charge is 0.508 e. The molecule has 0 unspecified atom stereocenters. The number of aliphatic hydroxyl groups is 3. The van der Waals surface area contributed by atoms with Crippen molar-refractivity contribution in [3.63, 3.8) is 0 Å². The van der Waals surface area contributed by atoms with Gasteiger partial charge in [-0.05, 0) is 30.7 Å². The first-order valence-corrected chi connectivity index (χ1v) is 11.3. The number of rotatable bonds is 7. The van der Waals surface area contributed by atoms with Crippen molar-refractivity contribution in [2.24, 2.45) is 0 Å². The molecule has 0 radical (unpaired) electrons. The van der Waals surface area contributed by atoms with Crippen LogP contribution in [0.15, 0.2) is 51.7 Å². The zero-order valence-electron chi connectivity index (χ0n) is 19.2. The molecule has 11 nitrogen and oxygen atoms in total. The van der Waals surface area contributed by atoms with Gasteiger partial charge < -0.3 is 44.2 Å². The van der Waals surface area contributed by atoms with Crippen molar-refractivity contribution in [3.05, 3.63) is 52.7 Å². The fourth-order valence-corrected chi connectivity index (χ4v) is 3.75. The average molecular weight is 502 g/mol. The summed E-state index contributed by atoms with van der Waals surface area (Å²) in [6, 6.07) is 9.46. The Kier molecular flexibility index (Phi) is 7.45. The van der Waals surface area contributed by atoms with Crippen molar-refractivity contribution in [2.45, 2.75) is 50.5 Å². The lowest BCUT2D eigenvalue weighted by Gasteiger charge is -2.39. The van der Waals surface area contributed by atoms with Crippen LogP contribution in [0, 0.1) is 0 Å². The summed E-state index contributed by atoms with van der Waals surface area (Å²) < 4.78 is 21.8. The quantitative estimate of drug-likeness (QED) is 0.233. The van der Waals surface area contributed by atoms with E-state index >= 15 is 0 Å². The summed E-state index contributed by atoms with van der Waals surface area (Å²) in [7, 11) is 0. The zero-order chi connectivity index (χ0) is 26.0. The molecule has 3 aromatic rings. The first-order valence-electron chi connectivity index (χ1n) is 11.3. The van der Waals surface area contributed by atoms with Crippen LogP contribution in [0.3, 0.4) is 0 Å². The Morgan fingerprint density at radius 3 is 2.42 bits per heavy atom. The van der Waals surface area contributed by atoms with Crippen molar-refractivity contribution in [1.29, 1.82) is 0 Å². The maximum atomic E-state index is 12.6. The summed E-state index contributed by atoms with van der Waals surface area (Å²) in [5.74, 6) is -1.33. The van der Waals surface area contributed by atoms with E-state index in [1.807, 2.05) is 6.92 Å². The Bertz CT molecular complexity index is 1280. The van der Waals surface area contributed by atoms with Gasteiger partial charge in [-0.2, -0.15) is 0 Å². The molecule has 192 valence electrons. The number of hydrogen-bond acceptors (Lipinski definition) is 11. The molecule has 1 aliphatic heterocycles. The third-order valence-corrected chi connectivity index (χ3v) is 5.73. The van der Waals surface area contributed by atoms with E-state index in [2.05, 4.69) is 0 Å². The maximum Gasteiger partial charge on any atom is 0.338 e. The Hall–Kier alpha value is -3.64. The first-order chi connectivity index (χ1) is 17.2. The van der Waals surface area contributed by atoms with Crippen LogP contribution in [0.25, 0.3) is 22.3 Å². The maximum absolute atomic E-state index is 12.6. The number of fused-ring (bicyclic) bond motifs is 1. The number of ether oxygens (including phenoxy) is 3. The van der Waals surface area contributed by atoms with Crippen LogP contribution < -0.4 is 10.2 Å². The van der Waals surface area contributed by atoms with Crippen LogP contribution in [0.4, 0.5) is 0 Å². The standard InChI is InChI=1S/C25H26O11/c1-2-3-8-33-24(32)23-21(30)20(29)22(31)25(36-23)34-14-9-15(27)19-16(28)11-17(35-18(19)10-14)12-4-6-13(26)7-5-12/h4-7,9-11,20-23,25-27,29-31H,2-3,8H2,1H3/t20-,21-,22+,23-,25-/m1/s1. The lowest BCUT2D eigenvalue weighted by atomic mass is 9.99.